The first-order valence-corrected chi connectivity index (χ1v) is 9.29. The molecule has 0 spiro atoms. The van der Waals surface area contributed by atoms with Crippen LogP contribution in [0, 0.1) is 0 Å². The minimum Gasteiger partial charge on any atom is -0.370 e. The summed E-state index contributed by atoms with van der Waals surface area (Å²) >= 11 is 0. The quantitative estimate of drug-likeness (QED) is 0.369. The van der Waals surface area contributed by atoms with Crippen molar-refractivity contribution in [2.75, 3.05) is 26.2 Å². The molecule has 0 saturated carbocycles. The number of hydrogen-bond donors (Lipinski definition) is 3. The summed E-state index contributed by atoms with van der Waals surface area (Å²) in [5, 5.41) is 5.83. The molecule has 7 nitrogen and oxygen atoms in total. The fourth-order valence-electron chi connectivity index (χ4n) is 2.75. The molecule has 1 heterocycles. The molecule has 0 radical (unpaired) electrons. The highest BCUT2D eigenvalue weighted by atomic mass is 16.2. The second-order valence-corrected chi connectivity index (χ2v) is 6.46. The van der Waals surface area contributed by atoms with E-state index in [2.05, 4.69) is 22.5 Å². The predicted molar refractivity (Wildman–Crippen MR) is 103 cm³/mol. The van der Waals surface area contributed by atoms with Crippen molar-refractivity contribution >= 4 is 17.8 Å². The van der Waals surface area contributed by atoms with E-state index in [0.29, 0.717) is 31.2 Å². The van der Waals surface area contributed by atoms with Gasteiger partial charge in [-0.15, -0.1) is 0 Å². The Morgan fingerprint density at radius 2 is 2.04 bits per heavy atom. The molecule has 0 bridgehead atoms. The average Bonchev–Trinajstić information content (AvgIpc) is 2.66. The summed E-state index contributed by atoms with van der Waals surface area (Å²) < 4.78 is 0. The maximum absolute atomic E-state index is 12.4. The summed E-state index contributed by atoms with van der Waals surface area (Å²) in [4.78, 5) is 29.7. The van der Waals surface area contributed by atoms with Crippen molar-refractivity contribution in [3.8, 4) is 0 Å². The van der Waals surface area contributed by atoms with Gasteiger partial charge >= 0.3 is 0 Å². The van der Waals surface area contributed by atoms with Crippen LogP contribution in [0.4, 0.5) is 0 Å². The molecule has 7 heteroatoms. The van der Waals surface area contributed by atoms with Gasteiger partial charge in [0.05, 0.1) is 13.1 Å². The van der Waals surface area contributed by atoms with Gasteiger partial charge in [-0.05, 0) is 24.1 Å². The van der Waals surface area contributed by atoms with Crippen molar-refractivity contribution in [2.24, 2.45) is 10.7 Å². The van der Waals surface area contributed by atoms with E-state index < -0.39 is 0 Å². The van der Waals surface area contributed by atoms with E-state index in [1.807, 2.05) is 12.1 Å². The number of piperazine rings is 1. The van der Waals surface area contributed by atoms with E-state index in [-0.39, 0.29) is 18.4 Å². The number of nitrogens with two attached hydrogens (primary N) is 1. The fraction of sp³-hybridized carbons (Fsp3) is 0.526. The highest BCUT2D eigenvalue weighted by Gasteiger charge is 2.21. The van der Waals surface area contributed by atoms with E-state index >= 15 is 0 Å². The molecule has 1 aliphatic rings. The van der Waals surface area contributed by atoms with Crippen molar-refractivity contribution in [3.05, 3.63) is 35.4 Å². The molecule has 2 rings (SSSR count). The summed E-state index contributed by atoms with van der Waals surface area (Å²) in [5.74, 6) is 0.206. The predicted octanol–water partition coefficient (Wildman–Crippen LogP) is 1.24. The molecule has 26 heavy (non-hydrogen) atoms. The van der Waals surface area contributed by atoms with Crippen LogP contribution in [-0.2, 0) is 11.3 Å². The van der Waals surface area contributed by atoms with E-state index in [0.717, 1.165) is 18.5 Å². The number of benzene rings is 1. The first-order valence-electron chi connectivity index (χ1n) is 9.29. The number of carbonyl (C=O) groups is 2. The van der Waals surface area contributed by atoms with E-state index in [4.69, 9.17) is 5.73 Å². The fourth-order valence-corrected chi connectivity index (χ4v) is 2.75. The third-order valence-corrected chi connectivity index (χ3v) is 4.29. The molecule has 0 aromatic heterocycles. The molecule has 1 aromatic rings. The Labute approximate surface area is 155 Å². The van der Waals surface area contributed by atoms with Crippen molar-refractivity contribution in [1.29, 1.82) is 0 Å². The second kappa shape index (κ2) is 10.4. The second-order valence-electron chi connectivity index (χ2n) is 6.46. The number of aliphatic imine (C=N–C) groups is 1. The van der Waals surface area contributed by atoms with Crippen LogP contribution in [0.15, 0.2) is 29.3 Å². The summed E-state index contributed by atoms with van der Waals surface area (Å²) in [6, 6.07) is 7.28. The lowest BCUT2D eigenvalue weighted by molar-refractivity contribution is -0.123. The molecule has 1 saturated heterocycles. The molecule has 4 N–H and O–H groups in total. The zero-order chi connectivity index (χ0) is 18.8. The topological polar surface area (TPSA) is 99.8 Å². The van der Waals surface area contributed by atoms with Gasteiger partial charge in [-0.1, -0.05) is 38.3 Å². The summed E-state index contributed by atoms with van der Waals surface area (Å²) in [6.07, 6.45) is 4.75. The average molecular weight is 359 g/mol. The van der Waals surface area contributed by atoms with E-state index in [1.165, 1.54) is 19.3 Å². The van der Waals surface area contributed by atoms with Crippen molar-refractivity contribution in [3.63, 3.8) is 0 Å². The third kappa shape index (κ3) is 6.38. The van der Waals surface area contributed by atoms with Crippen LogP contribution >= 0.6 is 0 Å². The Bertz CT molecular complexity index is 627. The van der Waals surface area contributed by atoms with Gasteiger partial charge in [-0.3, -0.25) is 9.59 Å². The number of carbonyl (C=O) groups excluding carboxylic acids is 2. The number of nitrogens with one attached hydrogen (secondary N) is 2. The van der Waals surface area contributed by atoms with E-state index in [9.17, 15) is 9.59 Å². The largest absolute Gasteiger partial charge is 0.370 e. The number of amides is 2. The standard InChI is InChI=1S/C19H29N5O2/c1-2-3-4-5-10-22-19(20)23-13-15-6-8-16(9-7-15)18(26)24-12-11-21-17(25)14-24/h6-9H,2-5,10-14H2,1H3,(H,21,25)(H3,20,22,23). The highest BCUT2D eigenvalue weighted by molar-refractivity contribution is 5.97. The molecule has 0 aliphatic carbocycles. The lowest BCUT2D eigenvalue weighted by Gasteiger charge is -2.26. The van der Waals surface area contributed by atoms with Crippen molar-refractivity contribution < 1.29 is 9.59 Å². The Morgan fingerprint density at radius 1 is 1.27 bits per heavy atom. The number of nitrogens with zero attached hydrogens (tertiary/aromatic N) is 2. The monoisotopic (exact) mass is 359 g/mol. The zero-order valence-electron chi connectivity index (χ0n) is 15.5. The van der Waals surface area contributed by atoms with Crippen molar-refractivity contribution in [1.82, 2.24) is 15.5 Å². The molecule has 1 aliphatic heterocycles. The van der Waals surface area contributed by atoms with Gasteiger partial charge in [0, 0.05) is 25.2 Å². The minimum atomic E-state index is -0.122. The lowest BCUT2D eigenvalue weighted by atomic mass is 10.1. The molecule has 0 unspecified atom stereocenters. The Balaban J connectivity index is 1.80. The highest BCUT2D eigenvalue weighted by Crippen LogP contribution is 2.09. The molecule has 1 aromatic carbocycles. The zero-order valence-corrected chi connectivity index (χ0v) is 15.5. The maximum atomic E-state index is 12.4. The van der Waals surface area contributed by atoms with Crippen LogP contribution in [0.2, 0.25) is 0 Å². The molecular formula is C19H29N5O2. The SMILES string of the molecule is CCCCCCNC(N)=NCc1ccc(C(=O)N2CCNC(=O)C2)cc1. The van der Waals surface area contributed by atoms with Gasteiger partial charge in [0.2, 0.25) is 5.91 Å². The van der Waals surface area contributed by atoms with Crippen LogP contribution in [0.1, 0.15) is 48.5 Å². The molecular weight excluding hydrogens is 330 g/mol. The molecule has 0 atom stereocenters. The van der Waals surface area contributed by atoms with Gasteiger partial charge in [0.15, 0.2) is 5.96 Å². The number of hydrogen-bond acceptors (Lipinski definition) is 3. The first-order chi connectivity index (χ1) is 12.6. The van der Waals surface area contributed by atoms with E-state index in [1.54, 1.807) is 17.0 Å². The van der Waals surface area contributed by atoms with Crippen LogP contribution in [0.5, 0.6) is 0 Å². The van der Waals surface area contributed by atoms with Crippen LogP contribution in [-0.4, -0.2) is 48.9 Å². The van der Waals surface area contributed by atoms with Gasteiger partial charge in [-0.25, -0.2) is 4.99 Å². The number of unbranched alkanes of at least 4 members (excludes halogenated alkanes) is 3. The normalized spacial score (nSPS) is 14.9. The van der Waals surface area contributed by atoms with Gasteiger partial charge in [-0.2, -0.15) is 0 Å². The van der Waals surface area contributed by atoms with Crippen molar-refractivity contribution in [2.45, 2.75) is 39.2 Å². The van der Waals surface area contributed by atoms with Gasteiger partial charge in [0.1, 0.15) is 0 Å². The number of rotatable bonds is 8. The van der Waals surface area contributed by atoms with Crippen LogP contribution < -0.4 is 16.4 Å². The maximum Gasteiger partial charge on any atom is 0.254 e. The summed E-state index contributed by atoms with van der Waals surface area (Å²) in [5.41, 5.74) is 7.42. The van der Waals surface area contributed by atoms with Gasteiger partial charge < -0.3 is 21.3 Å². The smallest absolute Gasteiger partial charge is 0.254 e. The third-order valence-electron chi connectivity index (χ3n) is 4.29. The van der Waals surface area contributed by atoms with Gasteiger partial charge in [0.25, 0.3) is 5.91 Å². The molecule has 2 amide bonds. The first kappa shape index (κ1) is 19.8. The molecule has 142 valence electrons. The van der Waals surface area contributed by atoms with Crippen LogP contribution in [0.3, 0.4) is 0 Å². The Hall–Kier alpha value is -2.57. The minimum absolute atomic E-state index is 0.116. The van der Waals surface area contributed by atoms with Crippen LogP contribution in [0.25, 0.3) is 0 Å². The lowest BCUT2D eigenvalue weighted by Crippen LogP contribution is -2.49. The summed E-state index contributed by atoms with van der Waals surface area (Å²) in [6.45, 7) is 4.65. The summed E-state index contributed by atoms with van der Waals surface area (Å²) in [7, 11) is 0. The Morgan fingerprint density at radius 3 is 2.73 bits per heavy atom. The number of guanidine groups is 1. The Kier molecular flexibility index (Phi) is 7.92. The molecule has 1 fully saturated rings.